The summed E-state index contributed by atoms with van der Waals surface area (Å²) in [6, 6.07) is 5.77. The highest BCUT2D eigenvalue weighted by atomic mass is 79.9. The highest BCUT2D eigenvalue weighted by Crippen LogP contribution is 2.22. The summed E-state index contributed by atoms with van der Waals surface area (Å²) in [6.45, 7) is 1.16. The zero-order valence-electron chi connectivity index (χ0n) is 8.09. The number of aliphatic hydroxyl groups is 1. The van der Waals surface area contributed by atoms with Gasteiger partial charge in [0.25, 0.3) is 0 Å². The van der Waals surface area contributed by atoms with Crippen LogP contribution in [0.3, 0.4) is 0 Å². The van der Waals surface area contributed by atoms with E-state index in [4.69, 9.17) is 9.84 Å². The summed E-state index contributed by atoms with van der Waals surface area (Å²) < 4.78 is 6.36. The molecule has 0 amide bonds. The van der Waals surface area contributed by atoms with Crippen LogP contribution >= 0.6 is 15.9 Å². The van der Waals surface area contributed by atoms with E-state index in [-0.39, 0.29) is 6.61 Å². The summed E-state index contributed by atoms with van der Waals surface area (Å²) in [6.07, 6.45) is 0. The lowest BCUT2D eigenvalue weighted by Crippen LogP contribution is -2.07. The van der Waals surface area contributed by atoms with Crippen LogP contribution in [0, 0.1) is 0 Å². The summed E-state index contributed by atoms with van der Waals surface area (Å²) >= 11 is 3.45. The van der Waals surface area contributed by atoms with E-state index >= 15 is 0 Å². The minimum absolute atomic E-state index is 0.0391. The molecule has 0 heterocycles. The van der Waals surface area contributed by atoms with Crippen LogP contribution in [-0.2, 0) is 6.54 Å². The Hall–Kier alpha value is -0.580. The molecule has 0 aliphatic heterocycles. The second-order valence-corrected chi connectivity index (χ2v) is 3.71. The van der Waals surface area contributed by atoms with Gasteiger partial charge in [0.15, 0.2) is 0 Å². The molecule has 0 atom stereocenters. The van der Waals surface area contributed by atoms with Crippen molar-refractivity contribution >= 4 is 15.9 Å². The van der Waals surface area contributed by atoms with Crippen molar-refractivity contribution in [2.75, 3.05) is 20.3 Å². The quantitative estimate of drug-likeness (QED) is 0.843. The number of ether oxygens (including phenoxy) is 1. The Balaban J connectivity index is 2.72. The molecular weight excluding hydrogens is 246 g/mol. The largest absolute Gasteiger partial charge is 0.491 e. The van der Waals surface area contributed by atoms with E-state index in [0.29, 0.717) is 6.61 Å². The molecule has 4 heteroatoms. The van der Waals surface area contributed by atoms with Gasteiger partial charge in [0.1, 0.15) is 12.4 Å². The van der Waals surface area contributed by atoms with Gasteiger partial charge in [-0.15, -0.1) is 0 Å². The third-order valence-corrected chi connectivity index (χ3v) is 2.52. The van der Waals surface area contributed by atoms with Gasteiger partial charge in [0, 0.05) is 11.0 Å². The SMILES string of the molecule is CNCc1cc(OCCO)ccc1Br. The van der Waals surface area contributed by atoms with Crippen LogP contribution in [0.25, 0.3) is 0 Å². The Labute approximate surface area is 92.2 Å². The molecule has 0 radical (unpaired) electrons. The number of hydrogen-bond donors (Lipinski definition) is 2. The van der Waals surface area contributed by atoms with Crippen molar-refractivity contribution in [3.05, 3.63) is 28.2 Å². The first-order valence-electron chi connectivity index (χ1n) is 4.44. The van der Waals surface area contributed by atoms with Crippen molar-refractivity contribution in [2.24, 2.45) is 0 Å². The fourth-order valence-corrected chi connectivity index (χ4v) is 1.52. The highest BCUT2D eigenvalue weighted by Gasteiger charge is 2.01. The van der Waals surface area contributed by atoms with Crippen LogP contribution in [-0.4, -0.2) is 25.4 Å². The van der Waals surface area contributed by atoms with Crippen LogP contribution < -0.4 is 10.1 Å². The van der Waals surface area contributed by atoms with Gasteiger partial charge in [-0.3, -0.25) is 0 Å². The second kappa shape index (κ2) is 6.01. The molecule has 0 spiro atoms. The lowest BCUT2D eigenvalue weighted by Gasteiger charge is -2.08. The molecule has 0 aromatic heterocycles. The molecule has 1 aromatic carbocycles. The van der Waals surface area contributed by atoms with Crippen LogP contribution in [0.15, 0.2) is 22.7 Å². The first-order chi connectivity index (χ1) is 6.77. The Morgan fingerprint density at radius 3 is 2.93 bits per heavy atom. The molecule has 3 nitrogen and oxygen atoms in total. The standard InChI is InChI=1S/C10H14BrNO2/c1-12-7-8-6-9(14-5-4-13)2-3-10(8)11/h2-3,6,12-13H,4-5,7H2,1H3. The average molecular weight is 260 g/mol. The highest BCUT2D eigenvalue weighted by molar-refractivity contribution is 9.10. The van der Waals surface area contributed by atoms with Gasteiger partial charge in [-0.2, -0.15) is 0 Å². The molecule has 0 aliphatic rings. The van der Waals surface area contributed by atoms with Gasteiger partial charge in [0.2, 0.25) is 0 Å². The van der Waals surface area contributed by atoms with Crippen LogP contribution in [0.4, 0.5) is 0 Å². The number of rotatable bonds is 5. The van der Waals surface area contributed by atoms with Gasteiger partial charge in [-0.1, -0.05) is 15.9 Å². The fourth-order valence-electron chi connectivity index (χ4n) is 1.13. The van der Waals surface area contributed by atoms with Gasteiger partial charge in [-0.05, 0) is 30.8 Å². The molecule has 14 heavy (non-hydrogen) atoms. The third-order valence-electron chi connectivity index (χ3n) is 1.74. The summed E-state index contributed by atoms with van der Waals surface area (Å²) in [5.41, 5.74) is 1.14. The van der Waals surface area contributed by atoms with Crippen LogP contribution in [0.5, 0.6) is 5.75 Å². The Morgan fingerprint density at radius 2 is 2.29 bits per heavy atom. The molecular formula is C10H14BrNO2. The van der Waals surface area contributed by atoms with Crippen LogP contribution in [0.1, 0.15) is 5.56 Å². The molecule has 1 rings (SSSR count). The monoisotopic (exact) mass is 259 g/mol. The zero-order valence-corrected chi connectivity index (χ0v) is 9.67. The zero-order chi connectivity index (χ0) is 10.4. The number of nitrogens with one attached hydrogen (secondary N) is 1. The van der Waals surface area contributed by atoms with Gasteiger partial charge >= 0.3 is 0 Å². The molecule has 78 valence electrons. The van der Waals surface area contributed by atoms with Gasteiger partial charge in [0.05, 0.1) is 6.61 Å². The van der Waals surface area contributed by atoms with E-state index in [9.17, 15) is 0 Å². The molecule has 0 saturated carbocycles. The van der Waals surface area contributed by atoms with E-state index in [1.807, 2.05) is 25.2 Å². The maximum absolute atomic E-state index is 8.61. The van der Waals surface area contributed by atoms with Crippen LogP contribution in [0.2, 0.25) is 0 Å². The topological polar surface area (TPSA) is 41.5 Å². The van der Waals surface area contributed by atoms with Gasteiger partial charge in [-0.25, -0.2) is 0 Å². The normalized spacial score (nSPS) is 10.2. The van der Waals surface area contributed by atoms with Crippen molar-refractivity contribution in [3.63, 3.8) is 0 Å². The van der Waals surface area contributed by atoms with Crippen molar-refractivity contribution < 1.29 is 9.84 Å². The van der Waals surface area contributed by atoms with E-state index in [0.717, 1.165) is 22.3 Å². The first kappa shape index (κ1) is 11.5. The van der Waals surface area contributed by atoms with E-state index in [1.165, 1.54) is 0 Å². The average Bonchev–Trinajstić information content (AvgIpc) is 2.19. The molecule has 0 saturated heterocycles. The second-order valence-electron chi connectivity index (χ2n) is 2.86. The maximum Gasteiger partial charge on any atom is 0.119 e. The van der Waals surface area contributed by atoms with E-state index < -0.39 is 0 Å². The first-order valence-corrected chi connectivity index (χ1v) is 5.24. The Bertz CT molecular complexity index is 291. The fraction of sp³-hybridized carbons (Fsp3) is 0.400. The van der Waals surface area contributed by atoms with Crippen molar-refractivity contribution in [3.8, 4) is 5.75 Å². The third kappa shape index (κ3) is 3.29. The lowest BCUT2D eigenvalue weighted by molar-refractivity contribution is 0.201. The molecule has 1 aromatic rings. The number of aliphatic hydroxyl groups excluding tert-OH is 1. The summed E-state index contributed by atoms with van der Waals surface area (Å²) in [5.74, 6) is 0.785. The molecule has 0 fully saturated rings. The summed E-state index contributed by atoms with van der Waals surface area (Å²) in [4.78, 5) is 0. The van der Waals surface area contributed by atoms with E-state index in [1.54, 1.807) is 0 Å². The molecule has 0 aliphatic carbocycles. The molecule has 0 bridgehead atoms. The number of benzene rings is 1. The smallest absolute Gasteiger partial charge is 0.119 e. The number of halogens is 1. The minimum Gasteiger partial charge on any atom is -0.491 e. The predicted octanol–water partition coefficient (Wildman–Crippen LogP) is 1.54. The number of hydrogen-bond acceptors (Lipinski definition) is 3. The molecule has 2 N–H and O–H groups in total. The molecule has 0 unspecified atom stereocenters. The summed E-state index contributed by atoms with van der Waals surface area (Å²) in [5, 5.41) is 11.7. The Morgan fingerprint density at radius 1 is 1.50 bits per heavy atom. The Kier molecular flexibility index (Phi) is 4.93. The van der Waals surface area contributed by atoms with Gasteiger partial charge < -0.3 is 15.2 Å². The van der Waals surface area contributed by atoms with Crippen molar-refractivity contribution in [1.82, 2.24) is 5.32 Å². The van der Waals surface area contributed by atoms with Crippen molar-refractivity contribution in [1.29, 1.82) is 0 Å². The maximum atomic E-state index is 8.61. The van der Waals surface area contributed by atoms with Crippen molar-refractivity contribution in [2.45, 2.75) is 6.54 Å². The van der Waals surface area contributed by atoms with E-state index in [2.05, 4.69) is 21.2 Å². The predicted molar refractivity (Wildman–Crippen MR) is 59.5 cm³/mol. The summed E-state index contributed by atoms with van der Waals surface area (Å²) in [7, 11) is 1.90. The minimum atomic E-state index is 0.0391. The lowest BCUT2D eigenvalue weighted by atomic mass is 10.2.